The Bertz CT molecular complexity index is 1300. The molecule has 1 saturated carbocycles. The van der Waals surface area contributed by atoms with Crippen molar-refractivity contribution in [2.45, 2.75) is 159 Å². The standard InChI is InChI=1S/C43H73N5O5S/c1-11-31(6)41(47(9)43(52)39(29(2)3)45-42(51)40(30(4)5)46(7)8)35(53-10)28-38(50)48-26-18-21-33(48)24-25-36(49)44-37(27-32-19-14-12-15-20-32)54-34-22-16-13-17-23-34/h12,14-15,19-20,29-31,33-35,37,39-41H,11,13,16-18,21-28H2,1-10H3,(H,44,49)(H,45,51). The molecule has 1 aliphatic heterocycles. The first-order chi connectivity index (χ1) is 25.7. The molecule has 1 aromatic carbocycles. The molecular weight excluding hydrogens is 699 g/mol. The van der Waals surface area contributed by atoms with Crippen LogP contribution in [0.4, 0.5) is 0 Å². The van der Waals surface area contributed by atoms with Crippen LogP contribution < -0.4 is 10.6 Å². The molecule has 7 unspecified atom stereocenters. The zero-order valence-corrected chi connectivity index (χ0v) is 36.0. The van der Waals surface area contributed by atoms with Crippen molar-refractivity contribution in [3.63, 3.8) is 0 Å². The Labute approximate surface area is 331 Å². The molecule has 2 N–H and O–H groups in total. The lowest BCUT2D eigenvalue weighted by atomic mass is 9.89. The third-order valence-corrected chi connectivity index (χ3v) is 13.1. The number of nitrogens with one attached hydrogen (secondary N) is 2. The summed E-state index contributed by atoms with van der Waals surface area (Å²) in [7, 11) is 7.14. The maximum atomic E-state index is 14.2. The van der Waals surface area contributed by atoms with Crippen molar-refractivity contribution in [1.82, 2.24) is 25.3 Å². The third kappa shape index (κ3) is 13.5. The first-order valence-electron chi connectivity index (χ1n) is 20.7. The zero-order valence-electron chi connectivity index (χ0n) is 35.1. The van der Waals surface area contributed by atoms with E-state index in [0.717, 1.165) is 25.7 Å². The second kappa shape index (κ2) is 22.8. The van der Waals surface area contributed by atoms with Gasteiger partial charge in [-0.05, 0) is 69.5 Å². The largest absolute Gasteiger partial charge is 0.379 e. The number of hydrogen-bond donors (Lipinski definition) is 2. The van der Waals surface area contributed by atoms with Gasteiger partial charge in [0.1, 0.15) is 6.04 Å². The summed E-state index contributed by atoms with van der Waals surface area (Å²) in [6.07, 6.45) is 10.2. The Hall–Kier alpha value is -2.63. The van der Waals surface area contributed by atoms with Crippen molar-refractivity contribution in [1.29, 1.82) is 0 Å². The van der Waals surface area contributed by atoms with Crippen LogP contribution in [0.15, 0.2) is 30.3 Å². The van der Waals surface area contributed by atoms with E-state index in [9.17, 15) is 19.2 Å². The lowest BCUT2D eigenvalue weighted by molar-refractivity contribution is -0.146. The summed E-state index contributed by atoms with van der Waals surface area (Å²) in [5.74, 6) is -0.340. The number of hydrogen-bond acceptors (Lipinski definition) is 7. The summed E-state index contributed by atoms with van der Waals surface area (Å²) in [6.45, 7) is 12.7. The molecule has 11 heteroatoms. The molecule has 7 atom stereocenters. The van der Waals surface area contributed by atoms with Crippen molar-refractivity contribution >= 4 is 35.4 Å². The van der Waals surface area contributed by atoms with Gasteiger partial charge in [0.25, 0.3) is 0 Å². The number of amides is 4. The SMILES string of the molecule is CCC(C)C(C(CC(=O)N1CCCC1CCC(=O)NC(Cc1ccccc1)SC1CCCCC1)OC)N(C)C(=O)C(NC(=O)C(C(C)C)N(C)C)C(C)C. The Morgan fingerprint density at radius 2 is 1.57 bits per heavy atom. The van der Waals surface area contributed by atoms with Crippen molar-refractivity contribution in [2.75, 3.05) is 34.8 Å². The molecule has 0 aromatic heterocycles. The summed E-state index contributed by atoms with van der Waals surface area (Å²) < 4.78 is 6.05. The number of methoxy groups -OCH3 is 1. The van der Waals surface area contributed by atoms with Crippen LogP contribution in [-0.2, 0) is 30.3 Å². The normalized spacial score (nSPS) is 20.0. The molecule has 306 valence electrons. The van der Waals surface area contributed by atoms with Gasteiger partial charge in [0.2, 0.25) is 23.6 Å². The number of nitrogens with zero attached hydrogens (tertiary/aromatic N) is 3. The van der Waals surface area contributed by atoms with E-state index < -0.39 is 12.1 Å². The number of rotatable bonds is 21. The average Bonchev–Trinajstić information content (AvgIpc) is 3.61. The number of benzene rings is 1. The van der Waals surface area contributed by atoms with Gasteiger partial charge in [-0.1, -0.05) is 97.6 Å². The molecule has 1 heterocycles. The van der Waals surface area contributed by atoms with Crippen LogP contribution >= 0.6 is 11.8 Å². The molecule has 1 saturated heterocycles. The minimum absolute atomic E-state index is 0.00631. The zero-order chi connectivity index (χ0) is 39.9. The van der Waals surface area contributed by atoms with Crippen molar-refractivity contribution in [2.24, 2.45) is 17.8 Å². The van der Waals surface area contributed by atoms with Crippen LogP contribution in [-0.4, -0.2) is 114 Å². The number of thioether (sulfide) groups is 1. The molecule has 0 spiro atoms. The van der Waals surface area contributed by atoms with Gasteiger partial charge in [0, 0.05) is 44.8 Å². The third-order valence-electron chi connectivity index (χ3n) is 11.7. The number of carbonyl (C=O) groups is 4. The highest BCUT2D eigenvalue weighted by atomic mass is 32.2. The maximum Gasteiger partial charge on any atom is 0.245 e. The van der Waals surface area contributed by atoms with Crippen LogP contribution in [0, 0.1) is 17.8 Å². The molecular formula is C43H73N5O5S. The van der Waals surface area contributed by atoms with E-state index in [2.05, 4.69) is 48.7 Å². The molecule has 10 nitrogen and oxygen atoms in total. The first kappa shape index (κ1) is 45.8. The molecule has 0 radical (unpaired) electrons. The monoisotopic (exact) mass is 772 g/mol. The Morgan fingerprint density at radius 3 is 2.15 bits per heavy atom. The van der Waals surface area contributed by atoms with Crippen molar-refractivity contribution in [3.8, 4) is 0 Å². The predicted octanol–water partition coefficient (Wildman–Crippen LogP) is 6.51. The lowest BCUT2D eigenvalue weighted by Crippen LogP contribution is -2.59. The van der Waals surface area contributed by atoms with Crippen LogP contribution in [0.25, 0.3) is 0 Å². The molecule has 1 aromatic rings. The quantitative estimate of drug-likeness (QED) is 0.137. The van der Waals surface area contributed by atoms with Gasteiger partial charge < -0.3 is 25.2 Å². The highest BCUT2D eigenvalue weighted by Crippen LogP contribution is 2.32. The van der Waals surface area contributed by atoms with Gasteiger partial charge in [-0.3, -0.25) is 24.1 Å². The maximum absolute atomic E-state index is 14.2. The fraction of sp³-hybridized carbons (Fsp3) is 0.767. The van der Waals surface area contributed by atoms with Crippen LogP contribution in [0.2, 0.25) is 0 Å². The Kier molecular flexibility index (Phi) is 19.3. The van der Waals surface area contributed by atoms with Gasteiger partial charge in [-0.15, -0.1) is 11.8 Å². The smallest absolute Gasteiger partial charge is 0.245 e. The molecule has 2 fully saturated rings. The Balaban J connectivity index is 1.67. The van der Waals surface area contributed by atoms with E-state index in [4.69, 9.17) is 4.74 Å². The highest BCUT2D eigenvalue weighted by molar-refractivity contribution is 8.00. The summed E-state index contributed by atoms with van der Waals surface area (Å²) in [5, 5.41) is 7.03. The van der Waals surface area contributed by atoms with Gasteiger partial charge >= 0.3 is 0 Å². The van der Waals surface area contributed by atoms with E-state index >= 15 is 0 Å². The first-order valence-corrected chi connectivity index (χ1v) is 21.7. The average molecular weight is 772 g/mol. The van der Waals surface area contributed by atoms with Gasteiger partial charge in [-0.25, -0.2) is 0 Å². The molecule has 1 aliphatic carbocycles. The second-order valence-corrected chi connectivity index (χ2v) is 18.3. The van der Waals surface area contributed by atoms with Gasteiger partial charge in [0.05, 0.1) is 30.0 Å². The molecule has 54 heavy (non-hydrogen) atoms. The van der Waals surface area contributed by atoms with Crippen LogP contribution in [0.1, 0.15) is 118 Å². The van der Waals surface area contributed by atoms with Crippen LogP contribution in [0.3, 0.4) is 0 Å². The molecule has 3 rings (SSSR count). The molecule has 0 bridgehead atoms. The predicted molar refractivity (Wildman–Crippen MR) is 221 cm³/mol. The fourth-order valence-electron chi connectivity index (χ4n) is 8.53. The number of likely N-dealkylation sites (tertiary alicyclic amines) is 1. The van der Waals surface area contributed by atoms with E-state index in [1.807, 2.05) is 69.4 Å². The highest BCUT2D eigenvalue weighted by Gasteiger charge is 2.40. The minimum Gasteiger partial charge on any atom is -0.379 e. The number of ether oxygens (including phenoxy) is 1. The van der Waals surface area contributed by atoms with E-state index in [0.29, 0.717) is 24.6 Å². The Morgan fingerprint density at radius 1 is 0.907 bits per heavy atom. The molecule has 4 amide bonds. The van der Waals surface area contributed by atoms with E-state index in [-0.39, 0.29) is 71.3 Å². The van der Waals surface area contributed by atoms with E-state index in [1.165, 1.54) is 37.7 Å². The summed E-state index contributed by atoms with van der Waals surface area (Å²) in [4.78, 5) is 60.7. The van der Waals surface area contributed by atoms with Gasteiger partial charge in [0.15, 0.2) is 0 Å². The topological polar surface area (TPSA) is 111 Å². The van der Waals surface area contributed by atoms with Crippen LogP contribution in [0.5, 0.6) is 0 Å². The van der Waals surface area contributed by atoms with Gasteiger partial charge in [-0.2, -0.15) is 0 Å². The second-order valence-electron chi connectivity index (χ2n) is 16.8. The van der Waals surface area contributed by atoms with E-state index in [1.54, 1.807) is 19.1 Å². The van der Waals surface area contributed by atoms with Crippen molar-refractivity contribution in [3.05, 3.63) is 35.9 Å². The summed E-state index contributed by atoms with van der Waals surface area (Å²) >= 11 is 1.92. The number of likely N-dealkylation sites (N-methyl/N-ethyl adjacent to an activating group) is 2. The fourth-order valence-corrected chi connectivity index (χ4v) is 10.1. The molecule has 2 aliphatic rings. The number of carbonyl (C=O) groups excluding carboxylic acids is 4. The summed E-state index contributed by atoms with van der Waals surface area (Å²) in [5.41, 5.74) is 1.22. The van der Waals surface area contributed by atoms with Crippen molar-refractivity contribution < 1.29 is 23.9 Å². The lowest BCUT2D eigenvalue weighted by Gasteiger charge is -2.40. The minimum atomic E-state index is -0.717. The summed E-state index contributed by atoms with van der Waals surface area (Å²) in [6, 6.07) is 8.92.